The number of nitrogens with one attached hydrogen (secondary N) is 1. The van der Waals surface area contributed by atoms with Crippen LogP contribution in [0.3, 0.4) is 0 Å². The number of hydrogen-bond donors (Lipinski definition) is 2. The molecule has 0 spiro atoms. The Hall–Kier alpha value is -2.95. The number of rotatable bonds is 5. The van der Waals surface area contributed by atoms with Gasteiger partial charge < -0.3 is 11.1 Å². The highest BCUT2D eigenvalue weighted by Gasteiger charge is 2.10. The largest absolute Gasteiger partial charge is 0.404 e. The van der Waals surface area contributed by atoms with Crippen LogP contribution in [0.25, 0.3) is 11.3 Å². The summed E-state index contributed by atoms with van der Waals surface area (Å²) in [4.78, 5) is 8.68. The highest BCUT2D eigenvalue weighted by Crippen LogP contribution is 2.22. The second-order valence-corrected chi connectivity index (χ2v) is 5.21. The molecule has 0 radical (unpaired) electrons. The van der Waals surface area contributed by atoms with Crippen molar-refractivity contribution in [1.82, 2.24) is 4.98 Å². The first-order chi connectivity index (χ1) is 12.6. The summed E-state index contributed by atoms with van der Waals surface area (Å²) in [7, 11) is 1.68. The molecule has 26 heavy (non-hydrogen) atoms. The standard InChI is InChI=1S/C19H21FN4.C2H6/c1-4-17(23-16-7-5-6-15(20)10-16)19-13(2)8-9-18(24-19)14(11-21)12-22-3;1-2/h4-12,23H,21H2,1-3H3;1-2H3/b14-11+,17-4+,22-12?;. The number of pyridine rings is 1. The van der Waals surface area contributed by atoms with Crippen molar-refractivity contribution in [2.75, 3.05) is 12.4 Å². The number of benzene rings is 1. The van der Waals surface area contributed by atoms with Crippen LogP contribution in [0.15, 0.2) is 53.7 Å². The summed E-state index contributed by atoms with van der Waals surface area (Å²) < 4.78 is 13.4. The van der Waals surface area contributed by atoms with Crippen LogP contribution in [0.5, 0.6) is 0 Å². The maximum atomic E-state index is 13.4. The van der Waals surface area contributed by atoms with Gasteiger partial charge in [-0.05, 0) is 43.7 Å². The molecule has 1 heterocycles. The Morgan fingerprint density at radius 1 is 1.23 bits per heavy atom. The topological polar surface area (TPSA) is 63.3 Å². The Labute approximate surface area is 155 Å². The van der Waals surface area contributed by atoms with Gasteiger partial charge in [0.2, 0.25) is 0 Å². The van der Waals surface area contributed by atoms with Gasteiger partial charge in [0.05, 0.1) is 17.1 Å². The van der Waals surface area contributed by atoms with E-state index in [0.29, 0.717) is 5.69 Å². The summed E-state index contributed by atoms with van der Waals surface area (Å²) in [6.45, 7) is 7.88. The van der Waals surface area contributed by atoms with Gasteiger partial charge in [-0.3, -0.25) is 4.99 Å². The third kappa shape index (κ3) is 5.55. The first kappa shape index (κ1) is 21.1. The molecule has 0 aliphatic carbocycles. The van der Waals surface area contributed by atoms with Gasteiger partial charge in [0.25, 0.3) is 0 Å². The number of allylic oxidation sites excluding steroid dienone is 2. The van der Waals surface area contributed by atoms with Gasteiger partial charge in [-0.2, -0.15) is 0 Å². The van der Waals surface area contributed by atoms with Gasteiger partial charge >= 0.3 is 0 Å². The van der Waals surface area contributed by atoms with Gasteiger partial charge in [0.15, 0.2) is 0 Å². The van der Waals surface area contributed by atoms with Crippen LogP contribution in [0.1, 0.15) is 37.7 Å². The van der Waals surface area contributed by atoms with Crippen LogP contribution in [-0.4, -0.2) is 18.2 Å². The summed E-state index contributed by atoms with van der Waals surface area (Å²) in [5.41, 5.74) is 10.4. The molecule has 0 aliphatic rings. The lowest BCUT2D eigenvalue weighted by molar-refractivity contribution is 0.628. The third-order valence-electron chi connectivity index (χ3n) is 3.49. The number of aryl methyl sites for hydroxylation is 1. The van der Waals surface area contributed by atoms with Crippen LogP contribution in [0.2, 0.25) is 0 Å². The van der Waals surface area contributed by atoms with Crippen LogP contribution in [0, 0.1) is 12.7 Å². The van der Waals surface area contributed by atoms with Crippen molar-refractivity contribution in [3.63, 3.8) is 0 Å². The van der Waals surface area contributed by atoms with Gasteiger partial charge in [0.1, 0.15) is 5.82 Å². The molecule has 0 bridgehead atoms. The van der Waals surface area contributed by atoms with Crippen LogP contribution < -0.4 is 11.1 Å². The van der Waals surface area contributed by atoms with E-state index < -0.39 is 0 Å². The summed E-state index contributed by atoms with van der Waals surface area (Å²) in [6, 6.07) is 10.2. The number of hydrogen-bond acceptors (Lipinski definition) is 4. The Bertz CT molecular complexity index is 807. The van der Waals surface area contributed by atoms with Crippen molar-refractivity contribution in [2.45, 2.75) is 27.7 Å². The van der Waals surface area contributed by atoms with Gasteiger partial charge in [-0.25, -0.2) is 9.37 Å². The Balaban J connectivity index is 0.00000163. The maximum absolute atomic E-state index is 13.4. The van der Waals surface area contributed by atoms with Crippen molar-refractivity contribution < 1.29 is 4.39 Å². The molecule has 2 aromatic rings. The van der Waals surface area contributed by atoms with E-state index in [0.717, 1.165) is 28.2 Å². The zero-order chi connectivity index (χ0) is 19.5. The smallest absolute Gasteiger partial charge is 0.125 e. The summed E-state index contributed by atoms with van der Waals surface area (Å²) in [5, 5.41) is 3.22. The fourth-order valence-electron chi connectivity index (χ4n) is 2.29. The number of nitrogens with zero attached hydrogens (tertiary/aromatic N) is 2. The summed E-state index contributed by atoms with van der Waals surface area (Å²) in [5.74, 6) is -0.290. The molecule has 0 amide bonds. The van der Waals surface area contributed by atoms with E-state index in [1.54, 1.807) is 25.4 Å². The summed E-state index contributed by atoms with van der Waals surface area (Å²) >= 11 is 0. The molecule has 1 aromatic heterocycles. The van der Waals surface area contributed by atoms with Crippen molar-refractivity contribution >= 4 is 23.2 Å². The first-order valence-corrected chi connectivity index (χ1v) is 8.60. The van der Waals surface area contributed by atoms with E-state index in [1.807, 2.05) is 45.9 Å². The molecular formula is C21H27FN4. The highest BCUT2D eigenvalue weighted by atomic mass is 19.1. The molecular weight excluding hydrogens is 327 g/mol. The maximum Gasteiger partial charge on any atom is 0.125 e. The lowest BCUT2D eigenvalue weighted by Crippen LogP contribution is -2.06. The second-order valence-electron chi connectivity index (χ2n) is 5.21. The monoisotopic (exact) mass is 354 g/mol. The van der Waals surface area contributed by atoms with E-state index in [9.17, 15) is 4.39 Å². The zero-order valence-corrected chi connectivity index (χ0v) is 16.0. The van der Waals surface area contributed by atoms with Crippen LogP contribution in [-0.2, 0) is 0 Å². The Kier molecular flexibility index (Phi) is 8.78. The highest BCUT2D eigenvalue weighted by molar-refractivity contribution is 6.08. The van der Waals surface area contributed by atoms with E-state index in [1.165, 1.54) is 18.3 Å². The van der Waals surface area contributed by atoms with Gasteiger partial charge in [-0.15, -0.1) is 0 Å². The third-order valence-corrected chi connectivity index (χ3v) is 3.49. The van der Waals surface area contributed by atoms with Crippen molar-refractivity contribution in [2.24, 2.45) is 10.7 Å². The van der Waals surface area contributed by atoms with Gasteiger partial charge in [-0.1, -0.05) is 32.1 Å². The number of aromatic nitrogens is 1. The first-order valence-electron chi connectivity index (χ1n) is 8.60. The minimum Gasteiger partial charge on any atom is -0.404 e. The molecule has 0 atom stereocenters. The molecule has 0 fully saturated rings. The SMILES string of the molecule is C/C=C(/Nc1cccc(F)c1)c1nc(/C(C=NC)=C/N)ccc1C.CC. The second kappa shape index (κ2) is 10.8. The lowest BCUT2D eigenvalue weighted by atomic mass is 10.1. The zero-order valence-electron chi connectivity index (χ0n) is 16.0. The predicted octanol–water partition coefficient (Wildman–Crippen LogP) is 5.03. The van der Waals surface area contributed by atoms with Crippen molar-refractivity contribution in [1.29, 1.82) is 0 Å². The molecule has 4 nitrogen and oxygen atoms in total. The quantitative estimate of drug-likeness (QED) is 0.740. The average Bonchev–Trinajstić information content (AvgIpc) is 2.66. The van der Waals surface area contributed by atoms with Gasteiger partial charge in [0, 0.05) is 30.7 Å². The molecule has 1 aromatic carbocycles. The molecule has 3 N–H and O–H groups in total. The average molecular weight is 354 g/mol. The molecule has 2 rings (SSSR count). The fraction of sp³-hybridized carbons (Fsp3) is 0.238. The van der Waals surface area contributed by atoms with E-state index in [2.05, 4.69) is 15.3 Å². The van der Waals surface area contributed by atoms with E-state index >= 15 is 0 Å². The molecule has 5 heteroatoms. The van der Waals surface area contributed by atoms with Crippen LogP contribution in [0.4, 0.5) is 10.1 Å². The molecule has 0 unspecified atom stereocenters. The van der Waals surface area contributed by atoms with Crippen LogP contribution >= 0.6 is 0 Å². The Morgan fingerprint density at radius 2 is 1.96 bits per heavy atom. The van der Waals surface area contributed by atoms with Crippen molar-refractivity contribution in [3.05, 3.63) is 71.4 Å². The molecule has 0 saturated heterocycles. The minimum atomic E-state index is -0.290. The number of halogens is 1. The van der Waals surface area contributed by atoms with E-state index in [4.69, 9.17) is 5.73 Å². The predicted molar refractivity (Wildman–Crippen MR) is 111 cm³/mol. The molecule has 138 valence electrons. The Morgan fingerprint density at radius 3 is 2.54 bits per heavy atom. The number of anilines is 1. The van der Waals surface area contributed by atoms with E-state index in [-0.39, 0.29) is 5.82 Å². The molecule has 0 aliphatic heterocycles. The van der Waals surface area contributed by atoms with Crippen molar-refractivity contribution in [3.8, 4) is 0 Å². The number of aliphatic imine (C=N–C) groups is 1. The summed E-state index contributed by atoms with van der Waals surface area (Å²) in [6.07, 6.45) is 5.05. The lowest BCUT2D eigenvalue weighted by Gasteiger charge is -2.14. The molecule has 0 saturated carbocycles. The minimum absolute atomic E-state index is 0.290. The number of nitrogens with two attached hydrogens (primary N) is 1. The normalized spacial score (nSPS) is 11.9. The fourth-order valence-corrected chi connectivity index (χ4v) is 2.29.